The number of phenolic OH excluding ortho intramolecular Hbond substituents is 2. The van der Waals surface area contributed by atoms with Gasteiger partial charge < -0.3 is 21.3 Å². The number of nitrogens with two attached hydrogens (primary N) is 1. The average molecular weight is 790 g/mol. The van der Waals surface area contributed by atoms with Crippen LogP contribution in [0.5, 0.6) is 11.5 Å². The van der Waals surface area contributed by atoms with E-state index < -0.39 is 0 Å². The van der Waals surface area contributed by atoms with Crippen molar-refractivity contribution in [3.63, 3.8) is 0 Å². The molecule has 0 spiro atoms. The van der Waals surface area contributed by atoms with Crippen molar-refractivity contribution in [1.29, 1.82) is 0 Å². The molecule has 6 rings (SSSR count). The van der Waals surface area contributed by atoms with Gasteiger partial charge in [0.05, 0.1) is 40.4 Å². The van der Waals surface area contributed by atoms with Gasteiger partial charge in [0.2, 0.25) is 0 Å². The largest absolute Gasteiger partial charge is 0.506 e. The maximum Gasteiger partial charge on any atom is 0.255 e. The van der Waals surface area contributed by atoms with Crippen LogP contribution in [0, 0.1) is 6.92 Å². The number of carbonyl (C=O) groups excluding carboxylic acids is 1. The van der Waals surface area contributed by atoms with Crippen molar-refractivity contribution >= 4 is 85.7 Å². The van der Waals surface area contributed by atoms with Gasteiger partial charge >= 0.3 is 0 Å². The van der Waals surface area contributed by atoms with Gasteiger partial charge in [0.1, 0.15) is 17.1 Å². The zero-order valence-corrected chi connectivity index (χ0v) is 29.1. The van der Waals surface area contributed by atoms with Crippen molar-refractivity contribution in [3.05, 3.63) is 108 Å². The van der Waals surface area contributed by atoms with Gasteiger partial charge in [-0.1, -0.05) is 22.2 Å². The number of carbonyl (C=O) groups is 1. The molecule has 0 atom stereocenters. The molecule has 7 N–H and O–H groups in total. The Hall–Kier alpha value is -5.11. The predicted molar refractivity (Wildman–Crippen MR) is 191 cm³/mol. The fraction of sp³-hybridized carbons (Fsp3) is 0.0294. The number of azo groups is 2. The Morgan fingerprint density at radius 1 is 0.731 bits per heavy atom. The van der Waals surface area contributed by atoms with Gasteiger partial charge in [-0.25, -0.2) is 10.5 Å². The first-order valence-corrected chi connectivity index (χ1v) is 16.2. The van der Waals surface area contributed by atoms with Crippen LogP contribution in [-0.2, 0) is 35.8 Å². The first-order chi connectivity index (χ1) is 24.7. The van der Waals surface area contributed by atoms with Crippen molar-refractivity contribution in [3.8, 4) is 11.5 Å². The van der Waals surface area contributed by atoms with Crippen LogP contribution in [0.1, 0.15) is 15.9 Å². The van der Waals surface area contributed by atoms with Crippen molar-refractivity contribution < 1.29 is 61.3 Å². The van der Waals surface area contributed by atoms with Crippen LogP contribution in [0.25, 0.3) is 21.5 Å². The Kier molecular flexibility index (Phi) is 12.8. The molecule has 0 bridgehead atoms. The minimum absolute atomic E-state index is 0. The molecule has 1 radical (unpaired) electrons. The number of hydrogen-bond acceptors (Lipinski definition) is 16. The van der Waals surface area contributed by atoms with E-state index >= 15 is 0 Å². The molecule has 0 saturated carbocycles. The average Bonchev–Trinajstić information content (AvgIpc) is 3.13. The summed E-state index contributed by atoms with van der Waals surface area (Å²) in [5.74, 6) is -0.887. The molecule has 0 fully saturated rings. The van der Waals surface area contributed by atoms with E-state index in [1.54, 1.807) is 73.7 Å². The Bertz CT molecular complexity index is 2310. The maximum atomic E-state index is 12.7. The van der Waals surface area contributed by atoms with Crippen LogP contribution in [0.3, 0.4) is 0 Å². The Labute approximate surface area is 313 Å². The van der Waals surface area contributed by atoms with Crippen LogP contribution >= 0.6 is 24.1 Å². The molecule has 0 saturated heterocycles. The Morgan fingerprint density at radius 3 is 2.21 bits per heavy atom. The summed E-state index contributed by atoms with van der Waals surface area (Å²) in [6.07, 6.45) is 0. The maximum absolute atomic E-state index is 12.7. The molecule has 0 unspecified atom stereocenters. The molecule has 269 valence electrons. The van der Waals surface area contributed by atoms with E-state index in [2.05, 4.69) is 44.5 Å². The number of anilines is 2. The number of phenols is 2. The van der Waals surface area contributed by atoms with Crippen LogP contribution in [0.15, 0.2) is 127 Å². The molecule has 0 heterocycles. The quantitative estimate of drug-likeness (QED) is 0.0170. The third-order valence-electron chi connectivity index (χ3n) is 7.42. The first-order valence-electron chi connectivity index (χ1n) is 14.7. The monoisotopic (exact) mass is 789 g/mol. The zero-order valence-electron chi connectivity index (χ0n) is 26.6. The molecule has 52 heavy (non-hydrogen) atoms. The third kappa shape index (κ3) is 9.02. The normalized spacial score (nSPS) is 11.4. The number of fused-ring (bicyclic) bond motifs is 2. The van der Waals surface area contributed by atoms with Gasteiger partial charge in [-0.2, -0.15) is 10.2 Å². The molecule has 15 nitrogen and oxygen atoms in total. The van der Waals surface area contributed by atoms with E-state index in [1.165, 1.54) is 6.07 Å². The molecule has 1 amide bonds. The molecule has 0 aliphatic rings. The summed E-state index contributed by atoms with van der Waals surface area (Å²) in [5, 5.41) is 69.0. The molecule has 6 aromatic carbocycles. The second kappa shape index (κ2) is 17.4. The number of nitrogens with one attached hydrogen (secondary N) is 1. The third-order valence-corrected chi connectivity index (χ3v) is 8.61. The van der Waals surface area contributed by atoms with Crippen LogP contribution in [0.4, 0.5) is 34.1 Å². The van der Waals surface area contributed by atoms with Crippen molar-refractivity contribution in [2.75, 3.05) is 11.1 Å². The van der Waals surface area contributed by atoms with E-state index in [1.807, 2.05) is 24.3 Å². The summed E-state index contributed by atoms with van der Waals surface area (Å²) in [6.45, 7) is 1.76. The molecule has 6 aromatic rings. The van der Waals surface area contributed by atoms with Gasteiger partial charge in [-0.15, -0.1) is 18.9 Å². The fourth-order valence-corrected chi connectivity index (χ4v) is 5.84. The fourth-order valence-electron chi connectivity index (χ4n) is 4.93. The number of benzene rings is 6. The van der Waals surface area contributed by atoms with E-state index in [-0.39, 0.29) is 50.7 Å². The minimum atomic E-state index is -0.358. The molecular formula is C34H26CuN6O9S2. The van der Waals surface area contributed by atoms with Crippen LogP contribution < -0.4 is 11.1 Å². The Morgan fingerprint density at radius 2 is 1.44 bits per heavy atom. The second-order valence-electron chi connectivity index (χ2n) is 10.8. The molecule has 0 aliphatic carbocycles. The van der Waals surface area contributed by atoms with E-state index in [9.17, 15) is 15.0 Å². The van der Waals surface area contributed by atoms with E-state index in [0.29, 0.717) is 56.7 Å². The number of aryl methyl sites for hydroxylation is 1. The Balaban J connectivity index is 0.00000523. The first kappa shape index (κ1) is 38.1. The van der Waals surface area contributed by atoms with E-state index in [0.717, 1.165) is 27.7 Å². The minimum Gasteiger partial charge on any atom is -0.506 e. The van der Waals surface area contributed by atoms with Gasteiger partial charge in [0.25, 0.3) is 5.91 Å². The van der Waals surface area contributed by atoms with Crippen LogP contribution in [0.2, 0.25) is 0 Å². The van der Waals surface area contributed by atoms with Gasteiger partial charge in [0.15, 0.2) is 5.75 Å². The molecular weight excluding hydrogens is 764 g/mol. The van der Waals surface area contributed by atoms with Crippen LogP contribution in [-0.4, -0.2) is 26.6 Å². The number of nitrogen functional groups attached to an aromatic ring is 1. The summed E-state index contributed by atoms with van der Waals surface area (Å²) in [6, 6.07) is 26.8. The standard InChI is InChI=1S/C34H26N6O9S2.Cu/c1-18-12-29(30(41)17-28(18)38-37-25-8-4-21-15-26(50-48-46-44)10-5-20(21)13-25)39-40-32-31(51-49-47-45)16-22-14-24(9-11-27(22)33(32)42)36-34(43)19-2-6-23(35)7-3-19;/h2-17,41-42,44-45H,35H2,1H3,(H,36,43);. The molecule has 0 aromatic heterocycles. The summed E-state index contributed by atoms with van der Waals surface area (Å²) >= 11 is 1.41. The van der Waals surface area contributed by atoms with Gasteiger partial charge in [-0.3, -0.25) is 4.79 Å². The topological polar surface area (TPSA) is 222 Å². The van der Waals surface area contributed by atoms with Crippen molar-refractivity contribution in [2.45, 2.75) is 16.7 Å². The zero-order chi connectivity index (χ0) is 35.9. The molecule has 18 heteroatoms. The predicted octanol–water partition coefficient (Wildman–Crippen LogP) is 10.2. The van der Waals surface area contributed by atoms with Gasteiger partial charge in [-0.05, 0) is 108 Å². The van der Waals surface area contributed by atoms with Gasteiger partial charge in [0, 0.05) is 50.4 Å². The van der Waals surface area contributed by atoms with E-state index in [4.69, 9.17) is 16.2 Å². The van der Waals surface area contributed by atoms with Crippen molar-refractivity contribution in [2.24, 2.45) is 20.5 Å². The second-order valence-corrected chi connectivity index (χ2v) is 12.3. The number of aromatic hydroxyl groups is 2. The van der Waals surface area contributed by atoms with Crippen molar-refractivity contribution in [1.82, 2.24) is 0 Å². The number of rotatable bonds is 12. The summed E-state index contributed by atoms with van der Waals surface area (Å²) in [4.78, 5) is 13.6. The summed E-state index contributed by atoms with van der Waals surface area (Å²) in [7, 11) is 0. The SMILES string of the molecule is Cc1cc(N=Nc2c(SOOO)cc3cc(NC(=O)c4ccc(N)cc4)ccc3c2O)c(O)cc1N=Nc1ccc2cc(SOOO)ccc2c1.[Cu]. The summed E-state index contributed by atoms with van der Waals surface area (Å²) < 4.78 is 9.11. The number of nitrogens with zero attached hydrogens (tertiary/aromatic N) is 4. The molecule has 0 aliphatic heterocycles. The number of hydrogen-bond donors (Lipinski definition) is 6. The summed E-state index contributed by atoms with van der Waals surface area (Å²) in [5.41, 5.74) is 8.72. The smallest absolute Gasteiger partial charge is 0.255 e. The number of amides is 1.